The number of rotatable bonds is 3. The number of hydrogen-bond donors (Lipinski definition) is 3. The summed E-state index contributed by atoms with van der Waals surface area (Å²) in [5.74, 6) is -0.380. The van der Waals surface area contributed by atoms with E-state index in [1.807, 2.05) is 5.10 Å². The van der Waals surface area contributed by atoms with Gasteiger partial charge in [0, 0.05) is 11.6 Å². The topological polar surface area (TPSA) is 82.2 Å². The molecule has 0 saturated heterocycles. The van der Waals surface area contributed by atoms with Crippen molar-refractivity contribution in [2.45, 2.75) is 37.9 Å². The molecular weight excluding hydrogens is 347 g/mol. The number of carbonyl (C=O) groups excluding carboxylic acids is 1. The van der Waals surface area contributed by atoms with Gasteiger partial charge in [-0.3, -0.25) is 15.2 Å². The van der Waals surface area contributed by atoms with Gasteiger partial charge in [0.1, 0.15) is 5.69 Å². The van der Waals surface area contributed by atoms with E-state index >= 15 is 0 Å². The molecule has 0 radical (unpaired) electrons. The molecule has 9 heteroatoms. The molecule has 0 aliphatic heterocycles. The molecule has 26 heavy (non-hydrogen) atoms. The standard InChI is InChI=1S/C17H18F3N5O/c18-17(19,20)13-10-14(25-24-13)22-16(21-12-8-4-5-9-12)23-15(26)11-6-2-1-3-7-11/h1-3,6-7,10,12H,4-5,8-9H2,(H3,21,22,23,24,25,26). The number of hydrogen-bond acceptors (Lipinski definition) is 3. The largest absolute Gasteiger partial charge is 0.432 e. The van der Waals surface area contributed by atoms with Gasteiger partial charge in [-0.1, -0.05) is 31.0 Å². The van der Waals surface area contributed by atoms with E-state index in [0.717, 1.165) is 31.7 Å². The van der Waals surface area contributed by atoms with Crippen LogP contribution >= 0.6 is 0 Å². The third-order valence-corrected chi connectivity index (χ3v) is 4.03. The highest BCUT2D eigenvalue weighted by Crippen LogP contribution is 2.28. The average Bonchev–Trinajstić information content (AvgIpc) is 3.27. The predicted molar refractivity (Wildman–Crippen MR) is 90.8 cm³/mol. The Morgan fingerprint density at radius 3 is 2.50 bits per heavy atom. The molecule has 1 aliphatic rings. The van der Waals surface area contributed by atoms with Crippen LogP contribution in [0.1, 0.15) is 41.7 Å². The van der Waals surface area contributed by atoms with Gasteiger partial charge in [0.2, 0.25) is 5.96 Å². The summed E-state index contributed by atoms with van der Waals surface area (Å²) in [6.07, 6.45) is -0.701. The van der Waals surface area contributed by atoms with Gasteiger partial charge in [-0.05, 0) is 25.0 Å². The molecule has 3 rings (SSSR count). The number of alkyl halides is 3. The monoisotopic (exact) mass is 365 g/mol. The zero-order chi connectivity index (χ0) is 18.6. The minimum absolute atomic E-state index is 0.0228. The lowest BCUT2D eigenvalue weighted by atomic mass is 10.2. The minimum atomic E-state index is -4.52. The van der Waals surface area contributed by atoms with Crippen molar-refractivity contribution in [3.8, 4) is 0 Å². The van der Waals surface area contributed by atoms with Crippen LogP contribution < -0.4 is 10.6 Å². The molecule has 1 amide bonds. The molecule has 138 valence electrons. The first kappa shape index (κ1) is 18.0. The number of H-pyrrole nitrogens is 1. The molecule has 6 nitrogen and oxygen atoms in total. The van der Waals surface area contributed by atoms with Crippen LogP contribution in [0.5, 0.6) is 0 Å². The number of aromatic amines is 1. The number of aliphatic imine (C=N–C) groups is 1. The molecule has 1 saturated carbocycles. The summed E-state index contributed by atoms with van der Waals surface area (Å²) in [6.45, 7) is 0. The van der Waals surface area contributed by atoms with Gasteiger partial charge in [0.25, 0.3) is 5.91 Å². The fraction of sp³-hybridized carbons (Fsp3) is 0.353. The normalized spacial score (nSPS) is 15.9. The Kier molecular flexibility index (Phi) is 5.24. The van der Waals surface area contributed by atoms with E-state index in [1.165, 1.54) is 0 Å². The highest BCUT2D eigenvalue weighted by atomic mass is 19.4. The van der Waals surface area contributed by atoms with Crippen LogP contribution in [-0.4, -0.2) is 28.1 Å². The van der Waals surface area contributed by atoms with Gasteiger partial charge < -0.3 is 5.32 Å². The molecule has 0 spiro atoms. The molecule has 1 heterocycles. The minimum Gasteiger partial charge on any atom is -0.309 e. The van der Waals surface area contributed by atoms with Crippen molar-refractivity contribution in [2.75, 3.05) is 5.32 Å². The lowest BCUT2D eigenvalue weighted by Gasteiger charge is -2.12. The molecule has 3 N–H and O–H groups in total. The SMILES string of the molecule is O=C(NC(=NC1CCCC1)Nc1cc(C(F)(F)F)[nH]n1)c1ccccc1. The molecule has 0 atom stereocenters. The smallest absolute Gasteiger partial charge is 0.309 e. The highest BCUT2D eigenvalue weighted by molar-refractivity contribution is 6.09. The first-order valence-corrected chi connectivity index (χ1v) is 8.25. The fourth-order valence-corrected chi connectivity index (χ4v) is 2.73. The summed E-state index contributed by atoms with van der Waals surface area (Å²) >= 11 is 0. The van der Waals surface area contributed by atoms with Gasteiger partial charge in [0.05, 0.1) is 6.04 Å². The Bertz CT molecular complexity index is 779. The van der Waals surface area contributed by atoms with Crippen LogP contribution in [0.3, 0.4) is 0 Å². The Hall–Kier alpha value is -2.84. The maximum absolute atomic E-state index is 12.7. The Labute approximate surface area is 147 Å². The molecule has 1 aliphatic carbocycles. The van der Waals surface area contributed by atoms with Crippen molar-refractivity contribution in [1.82, 2.24) is 15.5 Å². The molecular formula is C17H18F3N5O. The van der Waals surface area contributed by atoms with E-state index in [9.17, 15) is 18.0 Å². The second-order valence-electron chi connectivity index (χ2n) is 6.03. The van der Waals surface area contributed by atoms with Crippen LogP contribution in [0.2, 0.25) is 0 Å². The van der Waals surface area contributed by atoms with E-state index in [2.05, 4.69) is 20.7 Å². The van der Waals surface area contributed by atoms with Crippen molar-refractivity contribution in [1.29, 1.82) is 0 Å². The van der Waals surface area contributed by atoms with Crippen molar-refractivity contribution in [3.63, 3.8) is 0 Å². The first-order valence-electron chi connectivity index (χ1n) is 8.25. The molecule has 1 fully saturated rings. The molecule has 0 unspecified atom stereocenters. The number of nitrogens with one attached hydrogen (secondary N) is 3. The van der Waals surface area contributed by atoms with Crippen molar-refractivity contribution in [2.24, 2.45) is 4.99 Å². The van der Waals surface area contributed by atoms with Crippen molar-refractivity contribution >= 4 is 17.7 Å². The molecule has 1 aromatic carbocycles. The van der Waals surface area contributed by atoms with Gasteiger partial charge >= 0.3 is 6.18 Å². The van der Waals surface area contributed by atoms with E-state index in [1.54, 1.807) is 30.3 Å². The number of benzene rings is 1. The second kappa shape index (κ2) is 7.59. The lowest BCUT2D eigenvalue weighted by molar-refractivity contribution is -0.141. The third kappa shape index (κ3) is 4.62. The van der Waals surface area contributed by atoms with Crippen LogP contribution in [0.25, 0.3) is 0 Å². The Morgan fingerprint density at radius 2 is 1.88 bits per heavy atom. The Morgan fingerprint density at radius 1 is 1.19 bits per heavy atom. The Balaban J connectivity index is 1.77. The quantitative estimate of drug-likeness (QED) is 0.574. The van der Waals surface area contributed by atoms with Crippen LogP contribution in [0.4, 0.5) is 19.0 Å². The molecule has 1 aromatic heterocycles. The van der Waals surface area contributed by atoms with Crippen LogP contribution in [0.15, 0.2) is 41.4 Å². The summed E-state index contributed by atoms with van der Waals surface area (Å²) in [6, 6.07) is 9.36. The predicted octanol–water partition coefficient (Wildman–Crippen LogP) is 3.57. The van der Waals surface area contributed by atoms with Gasteiger partial charge in [-0.25, -0.2) is 4.99 Å². The van der Waals surface area contributed by atoms with E-state index in [0.29, 0.717) is 5.56 Å². The zero-order valence-corrected chi connectivity index (χ0v) is 13.8. The first-order chi connectivity index (χ1) is 12.4. The summed E-state index contributed by atoms with van der Waals surface area (Å²) in [7, 11) is 0. The van der Waals surface area contributed by atoms with Crippen molar-refractivity contribution in [3.05, 3.63) is 47.7 Å². The summed E-state index contributed by atoms with van der Waals surface area (Å²) in [4.78, 5) is 16.8. The van der Waals surface area contributed by atoms with Crippen molar-refractivity contribution < 1.29 is 18.0 Å². The second-order valence-corrected chi connectivity index (χ2v) is 6.03. The zero-order valence-electron chi connectivity index (χ0n) is 13.8. The number of aromatic nitrogens is 2. The van der Waals surface area contributed by atoms with E-state index in [-0.39, 0.29) is 17.8 Å². The van der Waals surface area contributed by atoms with Crippen LogP contribution in [-0.2, 0) is 6.18 Å². The number of halogens is 3. The number of carbonyl (C=O) groups is 1. The van der Waals surface area contributed by atoms with E-state index in [4.69, 9.17) is 0 Å². The van der Waals surface area contributed by atoms with Crippen LogP contribution in [0, 0.1) is 0 Å². The fourth-order valence-electron chi connectivity index (χ4n) is 2.73. The maximum Gasteiger partial charge on any atom is 0.432 e. The molecule has 2 aromatic rings. The number of amides is 1. The number of guanidine groups is 1. The summed E-state index contributed by atoms with van der Waals surface area (Å²) in [5.41, 5.74) is -0.555. The third-order valence-electron chi connectivity index (χ3n) is 4.03. The van der Waals surface area contributed by atoms with Gasteiger partial charge in [0.15, 0.2) is 5.82 Å². The highest BCUT2D eigenvalue weighted by Gasteiger charge is 2.33. The molecule has 0 bridgehead atoms. The summed E-state index contributed by atoms with van der Waals surface area (Å²) < 4.78 is 38.1. The van der Waals surface area contributed by atoms with Gasteiger partial charge in [-0.15, -0.1) is 0 Å². The van der Waals surface area contributed by atoms with Gasteiger partial charge in [-0.2, -0.15) is 18.3 Å². The lowest BCUT2D eigenvalue weighted by Crippen LogP contribution is -2.37. The summed E-state index contributed by atoms with van der Waals surface area (Å²) in [5, 5.41) is 10.8. The number of anilines is 1. The van der Waals surface area contributed by atoms with E-state index < -0.39 is 17.8 Å². The maximum atomic E-state index is 12.7. The number of nitrogens with zero attached hydrogens (tertiary/aromatic N) is 2. The average molecular weight is 365 g/mol.